The van der Waals surface area contributed by atoms with Gasteiger partial charge in [0.1, 0.15) is 5.78 Å². The zero-order valence-electron chi connectivity index (χ0n) is 8.98. The monoisotopic (exact) mass is 239 g/mol. The SMILES string of the molecule is CCOP(=O)(O)C1NC(C)SC1(C)C. The highest BCUT2D eigenvalue weighted by molar-refractivity contribution is 8.01. The van der Waals surface area contributed by atoms with Crippen LogP contribution >= 0.6 is 19.4 Å². The van der Waals surface area contributed by atoms with Crippen molar-refractivity contribution in [2.45, 2.75) is 43.6 Å². The third-order valence-electron chi connectivity index (χ3n) is 2.17. The minimum absolute atomic E-state index is 0.191. The Kier molecular flexibility index (Phi) is 3.71. The molecule has 0 aliphatic carbocycles. The van der Waals surface area contributed by atoms with Gasteiger partial charge in [-0.15, -0.1) is 11.8 Å². The summed E-state index contributed by atoms with van der Waals surface area (Å²) in [4.78, 5) is 9.73. The van der Waals surface area contributed by atoms with Crippen LogP contribution in [0, 0.1) is 0 Å². The molecule has 4 nitrogen and oxygen atoms in total. The van der Waals surface area contributed by atoms with E-state index in [1.54, 1.807) is 18.7 Å². The summed E-state index contributed by atoms with van der Waals surface area (Å²) in [7, 11) is -3.53. The summed E-state index contributed by atoms with van der Waals surface area (Å²) >= 11 is 1.66. The highest BCUT2D eigenvalue weighted by atomic mass is 32.2. The molecule has 0 bridgehead atoms. The van der Waals surface area contributed by atoms with Crippen LogP contribution in [0.1, 0.15) is 27.7 Å². The van der Waals surface area contributed by atoms with Crippen LogP contribution in [-0.2, 0) is 9.09 Å². The van der Waals surface area contributed by atoms with Gasteiger partial charge in [0, 0.05) is 4.75 Å². The van der Waals surface area contributed by atoms with Crippen LogP contribution in [0.25, 0.3) is 0 Å². The summed E-state index contributed by atoms with van der Waals surface area (Å²) in [5, 5.41) is 3.28. The van der Waals surface area contributed by atoms with Gasteiger partial charge in [-0.3, -0.25) is 9.88 Å². The van der Waals surface area contributed by atoms with E-state index in [0.717, 1.165) is 0 Å². The van der Waals surface area contributed by atoms with Crippen LogP contribution in [-0.4, -0.2) is 27.4 Å². The predicted octanol–water partition coefficient (Wildman–Crippen LogP) is 2.00. The van der Waals surface area contributed by atoms with Gasteiger partial charge in [-0.05, 0) is 27.7 Å². The maximum atomic E-state index is 11.8. The molecule has 0 amide bonds. The summed E-state index contributed by atoms with van der Waals surface area (Å²) in [6.45, 7) is 7.89. The first-order valence-corrected chi connectivity index (χ1v) is 7.23. The highest BCUT2D eigenvalue weighted by Crippen LogP contribution is 2.57. The summed E-state index contributed by atoms with van der Waals surface area (Å²) < 4.78 is 16.5. The lowest BCUT2D eigenvalue weighted by molar-refractivity contribution is 0.254. The second kappa shape index (κ2) is 4.14. The molecule has 1 heterocycles. The van der Waals surface area contributed by atoms with Crippen molar-refractivity contribution in [2.24, 2.45) is 0 Å². The largest absolute Gasteiger partial charge is 0.346 e. The zero-order chi connectivity index (χ0) is 11.0. The molecular weight excluding hydrogens is 221 g/mol. The quantitative estimate of drug-likeness (QED) is 0.738. The minimum Gasteiger partial charge on any atom is -0.323 e. The van der Waals surface area contributed by atoms with E-state index < -0.39 is 13.4 Å². The summed E-state index contributed by atoms with van der Waals surface area (Å²) in [5.41, 5.74) is 0. The van der Waals surface area contributed by atoms with Crippen LogP contribution in [0.5, 0.6) is 0 Å². The number of rotatable bonds is 3. The van der Waals surface area contributed by atoms with Gasteiger partial charge < -0.3 is 9.42 Å². The molecule has 0 radical (unpaired) electrons. The van der Waals surface area contributed by atoms with Gasteiger partial charge in [-0.1, -0.05) is 0 Å². The molecule has 0 aromatic heterocycles. The minimum atomic E-state index is -3.53. The Balaban J connectivity index is 2.82. The first-order valence-electron chi connectivity index (χ1n) is 4.70. The highest BCUT2D eigenvalue weighted by Gasteiger charge is 2.49. The van der Waals surface area contributed by atoms with Crippen molar-refractivity contribution < 1.29 is 14.0 Å². The Hall–Kier alpha value is 0.460. The Morgan fingerprint density at radius 2 is 2.21 bits per heavy atom. The molecule has 0 saturated carbocycles. The van der Waals surface area contributed by atoms with Gasteiger partial charge in [-0.25, -0.2) is 0 Å². The average Bonchev–Trinajstić information content (AvgIpc) is 2.24. The van der Waals surface area contributed by atoms with E-state index in [1.807, 2.05) is 20.8 Å². The molecule has 6 heteroatoms. The molecule has 0 aromatic rings. The molecule has 1 aliphatic heterocycles. The van der Waals surface area contributed by atoms with Crippen molar-refractivity contribution in [3.63, 3.8) is 0 Å². The second-order valence-corrected chi connectivity index (χ2v) is 7.81. The molecule has 3 unspecified atom stereocenters. The van der Waals surface area contributed by atoms with Crippen LogP contribution in [0.2, 0.25) is 0 Å². The molecule has 3 atom stereocenters. The molecule has 84 valence electrons. The lowest BCUT2D eigenvalue weighted by atomic mass is 10.2. The fraction of sp³-hybridized carbons (Fsp3) is 1.00. The van der Waals surface area contributed by atoms with Crippen molar-refractivity contribution in [3.8, 4) is 0 Å². The third kappa shape index (κ3) is 2.52. The van der Waals surface area contributed by atoms with Crippen LogP contribution in [0.4, 0.5) is 0 Å². The molecule has 2 N–H and O–H groups in total. The van der Waals surface area contributed by atoms with Gasteiger partial charge in [0.25, 0.3) is 0 Å². The Bertz CT molecular complexity index is 259. The zero-order valence-corrected chi connectivity index (χ0v) is 10.7. The van der Waals surface area contributed by atoms with Crippen LogP contribution in [0.3, 0.4) is 0 Å². The molecule has 1 fully saturated rings. The molecule has 14 heavy (non-hydrogen) atoms. The normalized spacial score (nSPS) is 35.5. The average molecular weight is 239 g/mol. The van der Waals surface area contributed by atoms with Gasteiger partial charge in [-0.2, -0.15) is 0 Å². The lowest BCUT2D eigenvalue weighted by Gasteiger charge is -2.28. The van der Waals surface area contributed by atoms with E-state index in [0.29, 0.717) is 0 Å². The Labute approximate surface area is 89.3 Å². The molecule has 0 spiro atoms. The van der Waals surface area contributed by atoms with E-state index in [-0.39, 0.29) is 16.7 Å². The smallest absolute Gasteiger partial charge is 0.323 e. The van der Waals surface area contributed by atoms with Gasteiger partial charge in [0.05, 0.1) is 12.0 Å². The number of nitrogens with one attached hydrogen (secondary N) is 1. The van der Waals surface area contributed by atoms with Crippen LogP contribution in [0.15, 0.2) is 0 Å². The van der Waals surface area contributed by atoms with Crippen LogP contribution < -0.4 is 5.32 Å². The number of hydrogen-bond donors (Lipinski definition) is 2. The van der Waals surface area contributed by atoms with Crippen molar-refractivity contribution in [2.75, 3.05) is 6.61 Å². The summed E-state index contributed by atoms with van der Waals surface area (Å²) in [6.07, 6.45) is 0. The summed E-state index contributed by atoms with van der Waals surface area (Å²) in [6, 6.07) is 0. The van der Waals surface area contributed by atoms with E-state index in [2.05, 4.69) is 5.32 Å². The lowest BCUT2D eigenvalue weighted by Crippen LogP contribution is -2.38. The maximum absolute atomic E-state index is 11.8. The molecule has 1 saturated heterocycles. The second-order valence-electron chi connectivity index (χ2n) is 3.91. The summed E-state index contributed by atoms with van der Waals surface area (Å²) in [5.74, 6) is -0.477. The van der Waals surface area contributed by atoms with Gasteiger partial charge in [0.15, 0.2) is 0 Å². The Morgan fingerprint density at radius 1 is 1.64 bits per heavy atom. The van der Waals surface area contributed by atoms with Crippen molar-refractivity contribution in [1.82, 2.24) is 5.32 Å². The standard InChI is InChI=1S/C8H18NO3PS/c1-5-12-13(10,11)7-8(3,4)14-6(2)9-7/h6-7,9H,5H2,1-4H3,(H,10,11). The molecule has 1 rings (SSSR count). The van der Waals surface area contributed by atoms with E-state index in [4.69, 9.17) is 4.52 Å². The van der Waals surface area contributed by atoms with Crippen molar-refractivity contribution in [1.29, 1.82) is 0 Å². The van der Waals surface area contributed by atoms with E-state index >= 15 is 0 Å². The van der Waals surface area contributed by atoms with Gasteiger partial charge in [0.2, 0.25) is 0 Å². The topological polar surface area (TPSA) is 58.6 Å². The third-order valence-corrected chi connectivity index (χ3v) is 5.75. The first-order chi connectivity index (χ1) is 6.29. The number of hydrogen-bond acceptors (Lipinski definition) is 4. The fourth-order valence-corrected chi connectivity index (χ4v) is 5.44. The maximum Gasteiger partial charge on any atom is 0.346 e. The molecule has 1 aliphatic rings. The molecule has 0 aromatic carbocycles. The first kappa shape index (κ1) is 12.5. The van der Waals surface area contributed by atoms with Crippen molar-refractivity contribution in [3.05, 3.63) is 0 Å². The van der Waals surface area contributed by atoms with Gasteiger partial charge >= 0.3 is 7.60 Å². The molecular formula is C8H18NO3PS. The predicted molar refractivity (Wildman–Crippen MR) is 59.5 cm³/mol. The van der Waals surface area contributed by atoms with E-state index in [1.165, 1.54) is 0 Å². The number of thioether (sulfide) groups is 1. The van der Waals surface area contributed by atoms with Crippen molar-refractivity contribution >= 4 is 19.4 Å². The Morgan fingerprint density at radius 3 is 2.57 bits per heavy atom. The fourth-order valence-electron chi connectivity index (χ4n) is 1.72. The van der Waals surface area contributed by atoms with E-state index in [9.17, 15) is 9.46 Å².